The monoisotopic (exact) mass is 537 g/mol. The number of nitrogens with one attached hydrogen (secondary N) is 2. The van der Waals surface area contributed by atoms with Crippen molar-refractivity contribution in [3.05, 3.63) is 55.5 Å². The van der Waals surface area contributed by atoms with Gasteiger partial charge in [0.25, 0.3) is 5.91 Å². The Morgan fingerprint density at radius 3 is 2.20 bits per heavy atom. The highest BCUT2D eigenvalue weighted by Crippen LogP contribution is 2.31. The average Bonchev–Trinajstić information content (AvgIpc) is 2.64. The summed E-state index contributed by atoms with van der Waals surface area (Å²) in [5.41, 5.74) is 7.88. The summed E-state index contributed by atoms with van der Waals surface area (Å²) in [7, 11) is 0. The SMILES string of the molecule is C/C(CC(=O)Nc1c(C)cc(C)cc1C)=N\NC(=O)COc1cc(C)c(Br)cc1Br. The second kappa shape index (κ2) is 10.7. The van der Waals surface area contributed by atoms with Gasteiger partial charge in [-0.15, -0.1) is 0 Å². The molecule has 0 bridgehead atoms. The van der Waals surface area contributed by atoms with Crippen LogP contribution in [0.1, 0.15) is 35.6 Å². The lowest BCUT2D eigenvalue weighted by Crippen LogP contribution is -2.26. The maximum absolute atomic E-state index is 12.3. The van der Waals surface area contributed by atoms with Crippen LogP contribution < -0.4 is 15.5 Å². The standard InChI is InChI=1S/C22H25Br2N3O3/c1-12-6-14(3)22(15(4)7-12)25-20(28)9-16(5)26-27-21(29)11-30-19-8-13(2)17(23)10-18(19)24/h6-8,10H,9,11H2,1-5H3,(H,25,28)(H,27,29)/b26-16+. The Kier molecular flexibility index (Phi) is 8.61. The van der Waals surface area contributed by atoms with E-state index in [0.717, 1.165) is 36.9 Å². The summed E-state index contributed by atoms with van der Waals surface area (Å²) in [6.45, 7) is 9.37. The van der Waals surface area contributed by atoms with Crippen molar-refractivity contribution < 1.29 is 14.3 Å². The number of amides is 2. The number of hydrazone groups is 1. The van der Waals surface area contributed by atoms with Crippen LogP contribution in [-0.2, 0) is 9.59 Å². The van der Waals surface area contributed by atoms with Crippen LogP contribution in [0.15, 0.2) is 38.3 Å². The molecule has 8 heteroatoms. The van der Waals surface area contributed by atoms with Crippen molar-refractivity contribution in [1.82, 2.24) is 5.43 Å². The highest BCUT2D eigenvalue weighted by Gasteiger charge is 2.11. The number of ether oxygens (including phenoxy) is 1. The van der Waals surface area contributed by atoms with Gasteiger partial charge in [-0.1, -0.05) is 33.6 Å². The number of nitrogens with zero attached hydrogens (tertiary/aromatic N) is 1. The fourth-order valence-corrected chi connectivity index (χ4v) is 4.02. The van der Waals surface area contributed by atoms with Crippen molar-refractivity contribution in [3.63, 3.8) is 0 Å². The molecule has 0 fully saturated rings. The highest BCUT2D eigenvalue weighted by atomic mass is 79.9. The minimum atomic E-state index is -0.410. The molecule has 160 valence electrons. The lowest BCUT2D eigenvalue weighted by molar-refractivity contribution is -0.123. The third kappa shape index (κ3) is 6.95. The number of hydrogen-bond acceptors (Lipinski definition) is 4. The van der Waals surface area contributed by atoms with Crippen LogP contribution in [0.3, 0.4) is 0 Å². The smallest absolute Gasteiger partial charge is 0.277 e. The fraction of sp³-hybridized carbons (Fsp3) is 0.318. The van der Waals surface area contributed by atoms with Gasteiger partial charge in [-0.25, -0.2) is 5.43 Å². The second-order valence-electron chi connectivity index (χ2n) is 7.20. The maximum atomic E-state index is 12.3. The van der Waals surface area contributed by atoms with E-state index >= 15 is 0 Å². The van der Waals surface area contributed by atoms with Crippen LogP contribution in [0.5, 0.6) is 5.75 Å². The summed E-state index contributed by atoms with van der Waals surface area (Å²) in [5, 5.41) is 6.91. The van der Waals surface area contributed by atoms with Gasteiger partial charge in [0.05, 0.1) is 10.9 Å². The first-order valence-corrected chi connectivity index (χ1v) is 10.9. The highest BCUT2D eigenvalue weighted by molar-refractivity contribution is 9.11. The van der Waals surface area contributed by atoms with Crippen molar-refractivity contribution >= 4 is 55.1 Å². The Balaban J connectivity index is 1.87. The molecule has 0 unspecified atom stereocenters. The van der Waals surface area contributed by atoms with E-state index in [1.165, 1.54) is 0 Å². The van der Waals surface area contributed by atoms with Crippen LogP contribution in [0, 0.1) is 27.7 Å². The number of carbonyl (C=O) groups is 2. The van der Waals surface area contributed by atoms with Crippen molar-refractivity contribution in [1.29, 1.82) is 0 Å². The summed E-state index contributed by atoms with van der Waals surface area (Å²) in [5.74, 6) is -0.0340. The van der Waals surface area contributed by atoms with Crippen molar-refractivity contribution in [3.8, 4) is 5.75 Å². The summed E-state index contributed by atoms with van der Waals surface area (Å²) in [6, 6.07) is 7.74. The molecule has 2 aromatic carbocycles. The Morgan fingerprint density at radius 1 is 0.933 bits per heavy atom. The van der Waals surface area contributed by atoms with Gasteiger partial charge in [-0.05, 0) is 79.4 Å². The van der Waals surface area contributed by atoms with Crippen LogP contribution in [0.2, 0.25) is 0 Å². The summed E-state index contributed by atoms with van der Waals surface area (Å²) in [6.07, 6.45) is 0.0748. The Morgan fingerprint density at radius 2 is 1.57 bits per heavy atom. The average molecular weight is 539 g/mol. The molecule has 2 aromatic rings. The number of aryl methyl sites for hydroxylation is 4. The number of rotatable bonds is 7. The van der Waals surface area contributed by atoms with Gasteiger partial charge in [-0.2, -0.15) is 5.10 Å². The van der Waals surface area contributed by atoms with Crippen LogP contribution in [0.4, 0.5) is 5.69 Å². The van der Waals surface area contributed by atoms with E-state index in [-0.39, 0.29) is 18.9 Å². The molecule has 0 heterocycles. The largest absolute Gasteiger partial charge is 0.483 e. The predicted octanol–water partition coefficient (Wildman–Crippen LogP) is 5.34. The number of anilines is 1. The maximum Gasteiger partial charge on any atom is 0.277 e. The van der Waals surface area contributed by atoms with E-state index in [1.807, 2.05) is 52.0 Å². The third-order valence-corrected chi connectivity index (χ3v) is 5.78. The zero-order valence-electron chi connectivity index (χ0n) is 17.7. The van der Waals surface area contributed by atoms with Gasteiger partial charge in [-0.3, -0.25) is 9.59 Å². The number of carbonyl (C=O) groups excluding carboxylic acids is 2. The number of benzene rings is 2. The molecular formula is C22H25Br2N3O3. The predicted molar refractivity (Wildman–Crippen MR) is 127 cm³/mol. The van der Waals surface area contributed by atoms with Gasteiger partial charge < -0.3 is 10.1 Å². The Bertz CT molecular complexity index is 980. The molecule has 0 saturated heterocycles. The van der Waals surface area contributed by atoms with E-state index in [4.69, 9.17) is 4.74 Å². The zero-order chi connectivity index (χ0) is 22.4. The van der Waals surface area contributed by atoms with Gasteiger partial charge in [0.15, 0.2) is 6.61 Å². The molecule has 0 aliphatic rings. The molecular weight excluding hydrogens is 514 g/mol. The third-order valence-electron chi connectivity index (χ3n) is 4.30. The minimum Gasteiger partial charge on any atom is -0.483 e. The molecule has 0 aromatic heterocycles. The lowest BCUT2D eigenvalue weighted by atomic mass is 10.0. The lowest BCUT2D eigenvalue weighted by Gasteiger charge is -2.13. The van der Waals surface area contributed by atoms with Gasteiger partial charge in [0, 0.05) is 15.9 Å². The molecule has 0 radical (unpaired) electrons. The molecule has 2 N–H and O–H groups in total. The molecule has 0 aliphatic carbocycles. The summed E-state index contributed by atoms with van der Waals surface area (Å²) >= 11 is 6.84. The molecule has 0 aliphatic heterocycles. The summed E-state index contributed by atoms with van der Waals surface area (Å²) < 4.78 is 7.22. The van der Waals surface area contributed by atoms with E-state index in [9.17, 15) is 9.59 Å². The van der Waals surface area contributed by atoms with E-state index in [1.54, 1.807) is 6.92 Å². The van der Waals surface area contributed by atoms with Gasteiger partial charge in [0.2, 0.25) is 5.91 Å². The van der Waals surface area contributed by atoms with Crippen LogP contribution in [-0.4, -0.2) is 24.1 Å². The first-order chi connectivity index (χ1) is 14.1. The minimum absolute atomic E-state index is 0.0748. The normalized spacial score (nSPS) is 11.2. The molecule has 30 heavy (non-hydrogen) atoms. The fourth-order valence-electron chi connectivity index (χ4n) is 2.91. The Labute approximate surface area is 193 Å². The van der Waals surface area contributed by atoms with Crippen molar-refractivity contribution in [2.45, 2.75) is 41.0 Å². The van der Waals surface area contributed by atoms with E-state index < -0.39 is 5.91 Å². The first-order valence-electron chi connectivity index (χ1n) is 9.35. The molecule has 6 nitrogen and oxygen atoms in total. The van der Waals surface area contributed by atoms with Crippen LogP contribution >= 0.6 is 31.9 Å². The van der Waals surface area contributed by atoms with E-state index in [2.05, 4.69) is 47.7 Å². The first kappa shape index (κ1) is 24.1. The van der Waals surface area contributed by atoms with Crippen LogP contribution in [0.25, 0.3) is 0 Å². The van der Waals surface area contributed by atoms with Crippen molar-refractivity contribution in [2.24, 2.45) is 5.10 Å². The quantitative estimate of drug-likeness (QED) is 0.368. The zero-order valence-corrected chi connectivity index (χ0v) is 20.8. The van der Waals surface area contributed by atoms with E-state index in [0.29, 0.717) is 11.5 Å². The van der Waals surface area contributed by atoms with Gasteiger partial charge in [0.1, 0.15) is 5.75 Å². The van der Waals surface area contributed by atoms with Crippen molar-refractivity contribution in [2.75, 3.05) is 11.9 Å². The van der Waals surface area contributed by atoms with Gasteiger partial charge >= 0.3 is 0 Å². The molecule has 2 rings (SSSR count). The number of hydrogen-bond donors (Lipinski definition) is 2. The Hall–Kier alpha value is -2.19. The molecule has 0 saturated carbocycles. The number of halogens is 2. The molecule has 0 atom stereocenters. The summed E-state index contributed by atoms with van der Waals surface area (Å²) in [4.78, 5) is 24.3. The second-order valence-corrected chi connectivity index (χ2v) is 8.91. The molecule has 0 spiro atoms. The molecule has 2 amide bonds. The topological polar surface area (TPSA) is 79.8 Å².